The molecule has 0 saturated carbocycles. The van der Waals surface area contributed by atoms with Crippen molar-refractivity contribution >= 4 is 23.2 Å². The van der Waals surface area contributed by atoms with Crippen LogP contribution >= 0.6 is 11.6 Å². The third kappa shape index (κ3) is 4.29. The Bertz CT molecular complexity index is 655. The van der Waals surface area contributed by atoms with E-state index < -0.39 is 0 Å². The van der Waals surface area contributed by atoms with Gasteiger partial charge in [0.15, 0.2) is 0 Å². The van der Waals surface area contributed by atoms with Crippen LogP contribution in [0.2, 0.25) is 5.02 Å². The van der Waals surface area contributed by atoms with Crippen molar-refractivity contribution in [2.75, 3.05) is 18.9 Å². The second kappa shape index (κ2) is 7.38. The van der Waals surface area contributed by atoms with Crippen molar-refractivity contribution in [3.05, 3.63) is 64.4 Å². The highest BCUT2D eigenvalue weighted by Gasteiger charge is 2.13. The molecule has 0 spiro atoms. The first-order chi connectivity index (χ1) is 10.5. The number of likely N-dealkylation sites (N-methyl/N-ethyl adjacent to an activating group) is 1. The average Bonchev–Trinajstić information content (AvgIpc) is 2.45. The predicted octanol–water partition coefficient (Wildman–Crippen LogP) is 3.86. The van der Waals surface area contributed by atoms with Crippen LogP contribution in [0.3, 0.4) is 0 Å². The largest absolute Gasteiger partial charge is 0.325 e. The lowest BCUT2D eigenvalue weighted by Gasteiger charge is -2.18. The summed E-state index contributed by atoms with van der Waals surface area (Å²) in [5.74, 6) is -0.511. The smallest absolute Gasteiger partial charge is 0.238 e. The van der Waals surface area contributed by atoms with Crippen LogP contribution < -0.4 is 5.32 Å². The normalized spacial score (nSPS) is 10.8. The Labute approximate surface area is 134 Å². The minimum Gasteiger partial charge on any atom is -0.325 e. The number of amides is 1. The number of anilines is 1. The summed E-state index contributed by atoms with van der Waals surface area (Å²) in [6.45, 7) is 2.35. The van der Waals surface area contributed by atoms with E-state index in [0.29, 0.717) is 10.6 Å². The summed E-state index contributed by atoms with van der Waals surface area (Å²) < 4.78 is 13.7. The number of nitrogens with one attached hydrogen (secondary N) is 1. The van der Waals surface area contributed by atoms with Crippen LogP contribution in [0.25, 0.3) is 0 Å². The van der Waals surface area contributed by atoms with Crippen molar-refractivity contribution in [3.63, 3.8) is 0 Å². The Kier molecular flexibility index (Phi) is 5.52. The minimum atomic E-state index is -0.362. The van der Waals surface area contributed by atoms with E-state index in [1.807, 2.05) is 31.2 Å². The molecule has 22 heavy (non-hydrogen) atoms. The molecule has 0 bridgehead atoms. The molecule has 0 aliphatic rings. The molecule has 2 rings (SSSR count). The molecule has 0 aromatic heterocycles. The van der Waals surface area contributed by atoms with Crippen molar-refractivity contribution in [1.29, 1.82) is 0 Å². The molecule has 0 aliphatic heterocycles. The van der Waals surface area contributed by atoms with Gasteiger partial charge in [-0.3, -0.25) is 9.69 Å². The number of benzene rings is 2. The van der Waals surface area contributed by atoms with Crippen LogP contribution in [0, 0.1) is 12.7 Å². The topological polar surface area (TPSA) is 32.3 Å². The second-order valence-corrected chi connectivity index (χ2v) is 5.64. The molecule has 0 fully saturated rings. The van der Waals surface area contributed by atoms with Gasteiger partial charge in [-0.15, -0.1) is 0 Å². The zero-order valence-electron chi connectivity index (χ0n) is 12.6. The Morgan fingerprint density at radius 2 is 1.95 bits per heavy atom. The van der Waals surface area contributed by atoms with Gasteiger partial charge < -0.3 is 5.32 Å². The Hall–Kier alpha value is -1.91. The third-order valence-corrected chi connectivity index (χ3v) is 3.68. The highest BCUT2D eigenvalue weighted by atomic mass is 35.5. The van der Waals surface area contributed by atoms with Gasteiger partial charge in [0.1, 0.15) is 5.82 Å². The maximum atomic E-state index is 13.7. The minimum absolute atomic E-state index is 0.149. The molecule has 2 aromatic rings. The summed E-state index contributed by atoms with van der Waals surface area (Å²) in [6, 6.07) is 12.1. The maximum Gasteiger partial charge on any atom is 0.238 e. The van der Waals surface area contributed by atoms with E-state index in [1.165, 1.54) is 6.07 Å². The second-order valence-electron chi connectivity index (χ2n) is 5.24. The number of rotatable bonds is 5. The van der Waals surface area contributed by atoms with Gasteiger partial charge in [-0.2, -0.15) is 0 Å². The Morgan fingerprint density at radius 3 is 2.64 bits per heavy atom. The Balaban J connectivity index is 1.96. The SMILES string of the molecule is Cc1ccccc1NC(=O)CN(C)Cc1c(F)cccc1Cl. The Morgan fingerprint density at radius 1 is 1.23 bits per heavy atom. The van der Waals surface area contributed by atoms with E-state index in [9.17, 15) is 9.18 Å². The highest BCUT2D eigenvalue weighted by Crippen LogP contribution is 2.20. The van der Waals surface area contributed by atoms with Gasteiger partial charge in [0, 0.05) is 22.8 Å². The van der Waals surface area contributed by atoms with Crippen LogP contribution in [0.15, 0.2) is 42.5 Å². The number of halogens is 2. The van der Waals surface area contributed by atoms with Gasteiger partial charge in [0.05, 0.1) is 6.54 Å². The molecule has 0 heterocycles. The van der Waals surface area contributed by atoms with Crippen molar-refractivity contribution in [2.24, 2.45) is 0 Å². The van der Waals surface area contributed by atoms with Crippen molar-refractivity contribution in [3.8, 4) is 0 Å². The number of carbonyl (C=O) groups excluding carboxylic acids is 1. The van der Waals surface area contributed by atoms with Crippen LogP contribution in [0.1, 0.15) is 11.1 Å². The number of hydrogen-bond donors (Lipinski definition) is 1. The van der Waals surface area contributed by atoms with Crippen molar-refractivity contribution in [1.82, 2.24) is 4.90 Å². The predicted molar refractivity (Wildman–Crippen MR) is 87.6 cm³/mol. The monoisotopic (exact) mass is 320 g/mol. The number of aryl methyl sites for hydroxylation is 1. The van der Waals surface area contributed by atoms with Crippen LogP contribution in [-0.2, 0) is 11.3 Å². The van der Waals surface area contributed by atoms with Crippen molar-refractivity contribution in [2.45, 2.75) is 13.5 Å². The van der Waals surface area contributed by atoms with Crippen LogP contribution in [0.5, 0.6) is 0 Å². The number of carbonyl (C=O) groups is 1. The number of nitrogens with zero attached hydrogens (tertiary/aromatic N) is 1. The lowest BCUT2D eigenvalue weighted by Crippen LogP contribution is -2.30. The summed E-state index contributed by atoms with van der Waals surface area (Å²) in [4.78, 5) is 13.8. The summed E-state index contributed by atoms with van der Waals surface area (Å²) in [7, 11) is 1.75. The molecule has 0 radical (unpaired) electrons. The van der Waals surface area contributed by atoms with Gasteiger partial charge >= 0.3 is 0 Å². The first-order valence-electron chi connectivity index (χ1n) is 6.94. The van der Waals surface area contributed by atoms with Gasteiger partial charge in [0.2, 0.25) is 5.91 Å². The molecular weight excluding hydrogens is 303 g/mol. The zero-order chi connectivity index (χ0) is 16.1. The number of para-hydroxylation sites is 1. The average molecular weight is 321 g/mol. The van der Waals surface area contributed by atoms with E-state index in [4.69, 9.17) is 11.6 Å². The standard InChI is InChI=1S/C17H18ClFN2O/c1-12-6-3-4-9-16(12)20-17(22)11-21(2)10-13-14(18)7-5-8-15(13)19/h3-9H,10-11H2,1-2H3,(H,20,22). The lowest BCUT2D eigenvalue weighted by molar-refractivity contribution is -0.117. The van der Waals surface area contributed by atoms with E-state index >= 15 is 0 Å². The van der Waals surface area contributed by atoms with Gasteiger partial charge in [-0.25, -0.2) is 4.39 Å². The lowest BCUT2D eigenvalue weighted by atomic mass is 10.2. The van der Waals surface area contributed by atoms with E-state index in [2.05, 4.69) is 5.32 Å². The summed E-state index contributed by atoms with van der Waals surface area (Å²) in [5.41, 5.74) is 2.18. The molecule has 1 N–H and O–H groups in total. The van der Waals surface area contributed by atoms with E-state index in [0.717, 1.165) is 11.3 Å². The number of hydrogen-bond acceptors (Lipinski definition) is 2. The van der Waals surface area contributed by atoms with Gasteiger partial charge in [0.25, 0.3) is 0 Å². The maximum absolute atomic E-state index is 13.7. The summed E-state index contributed by atoms with van der Waals surface area (Å²) in [6.07, 6.45) is 0. The van der Waals surface area contributed by atoms with Crippen LogP contribution in [0.4, 0.5) is 10.1 Å². The van der Waals surface area contributed by atoms with E-state index in [-0.39, 0.29) is 24.8 Å². The third-order valence-electron chi connectivity index (χ3n) is 3.32. The highest BCUT2D eigenvalue weighted by molar-refractivity contribution is 6.31. The summed E-state index contributed by atoms with van der Waals surface area (Å²) >= 11 is 5.99. The first kappa shape index (κ1) is 16.5. The molecule has 0 aliphatic carbocycles. The molecule has 116 valence electrons. The van der Waals surface area contributed by atoms with Gasteiger partial charge in [-0.1, -0.05) is 35.9 Å². The van der Waals surface area contributed by atoms with Gasteiger partial charge in [-0.05, 0) is 37.7 Å². The molecule has 0 atom stereocenters. The fraction of sp³-hybridized carbons (Fsp3) is 0.235. The molecule has 5 heteroatoms. The molecule has 2 aromatic carbocycles. The molecule has 1 amide bonds. The molecule has 0 saturated heterocycles. The molecular formula is C17H18ClFN2O. The fourth-order valence-corrected chi connectivity index (χ4v) is 2.38. The molecule has 0 unspecified atom stereocenters. The first-order valence-corrected chi connectivity index (χ1v) is 7.32. The van der Waals surface area contributed by atoms with Crippen LogP contribution in [-0.4, -0.2) is 24.4 Å². The quantitative estimate of drug-likeness (QED) is 0.907. The summed E-state index contributed by atoms with van der Waals surface area (Å²) in [5, 5.41) is 3.22. The fourth-order valence-electron chi connectivity index (χ4n) is 2.16. The molecule has 3 nitrogen and oxygen atoms in total. The van der Waals surface area contributed by atoms with E-state index in [1.54, 1.807) is 24.1 Å². The van der Waals surface area contributed by atoms with Crippen molar-refractivity contribution < 1.29 is 9.18 Å². The zero-order valence-corrected chi connectivity index (χ0v) is 13.3.